The second kappa shape index (κ2) is 6.03. The molecule has 4 heteroatoms. The molecule has 0 aromatic heterocycles. The van der Waals surface area contributed by atoms with Gasteiger partial charge in [0.05, 0.1) is 0 Å². The third kappa shape index (κ3) is 3.90. The van der Waals surface area contributed by atoms with E-state index in [0.29, 0.717) is 12.1 Å². The van der Waals surface area contributed by atoms with Crippen LogP contribution in [0.3, 0.4) is 0 Å². The van der Waals surface area contributed by atoms with E-state index in [1.807, 2.05) is 13.0 Å². The summed E-state index contributed by atoms with van der Waals surface area (Å²) < 4.78 is 0. The van der Waals surface area contributed by atoms with Crippen molar-refractivity contribution in [1.29, 1.82) is 0 Å². The highest BCUT2D eigenvalue weighted by Gasteiger charge is 2.10. The Kier molecular flexibility index (Phi) is 4.69. The fourth-order valence-corrected chi connectivity index (χ4v) is 1.65. The van der Waals surface area contributed by atoms with Gasteiger partial charge in [-0.25, -0.2) is 0 Å². The molecule has 0 unspecified atom stereocenters. The SMILES string of the molecule is CCCN(CC(=O)O)c1cccc(C(C)=O)c1. The molecule has 92 valence electrons. The van der Waals surface area contributed by atoms with Crippen LogP contribution in [0, 0.1) is 0 Å². The van der Waals surface area contributed by atoms with Gasteiger partial charge in [-0.2, -0.15) is 0 Å². The van der Waals surface area contributed by atoms with Crippen molar-refractivity contribution >= 4 is 17.4 Å². The molecule has 0 fully saturated rings. The summed E-state index contributed by atoms with van der Waals surface area (Å²) in [4.78, 5) is 23.8. The van der Waals surface area contributed by atoms with Gasteiger partial charge in [0.1, 0.15) is 6.54 Å². The van der Waals surface area contributed by atoms with Crippen LogP contribution in [0.15, 0.2) is 24.3 Å². The quantitative estimate of drug-likeness (QED) is 0.768. The van der Waals surface area contributed by atoms with Crippen molar-refractivity contribution < 1.29 is 14.7 Å². The van der Waals surface area contributed by atoms with Crippen LogP contribution in [0.25, 0.3) is 0 Å². The normalized spacial score (nSPS) is 10.0. The summed E-state index contributed by atoms with van der Waals surface area (Å²) in [6.07, 6.45) is 0.859. The van der Waals surface area contributed by atoms with Crippen molar-refractivity contribution in [2.75, 3.05) is 18.0 Å². The standard InChI is InChI=1S/C13H17NO3/c1-3-7-14(9-13(16)17)12-6-4-5-11(8-12)10(2)15/h4-6,8H,3,7,9H2,1-2H3,(H,16,17). The number of ketones is 1. The number of carboxylic acids is 1. The number of benzene rings is 1. The van der Waals surface area contributed by atoms with E-state index in [1.165, 1.54) is 6.92 Å². The first kappa shape index (κ1) is 13.2. The molecule has 4 nitrogen and oxygen atoms in total. The summed E-state index contributed by atoms with van der Waals surface area (Å²) in [5, 5.41) is 8.84. The lowest BCUT2D eigenvalue weighted by Crippen LogP contribution is -2.30. The first-order valence-electron chi connectivity index (χ1n) is 5.62. The zero-order chi connectivity index (χ0) is 12.8. The van der Waals surface area contributed by atoms with Crippen LogP contribution in [-0.4, -0.2) is 29.9 Å². The molecular formula is C13H17NO3. The first-order valence-corrected chi connectivity index (χ1v) is 5.62. The molecule has 0 saturated heterocycles. The third-order valence-corrected chi connectivity index (χ3v) is 2.44. The molecule has 0 atom stereocenters. The topological polar surface area (TPSA) is 57.6 Å². The average Bonchev–Trinajstić information content (AvgIpc) is 2.28. The maximum atomic E-state index is 11.3. The highest BCUT2D eigenvalue weighted by atomic mass is 16.4. The minimum Gasteiger partial charge on any atom is -0.480 e. The van der Waals surface area contributed by atoms with E-state index in [4.69, 9.17) is 5.11 Å². The fourth-order valence-electron chi connectivity index (χ4n) is 1.65. The van der Waals surface area contributed by atoms with E-state index in [1.54, 1.807) is 23.1 Å². The zero-order valence-corrected chi connectivity index (χ0v) is 10.1. The van der Waals surface area contributed by atoms with Crippen LogP contribution < -0.4 is 4.90 Å². The molecule has 0 heterocycles. The van der Waals surface area contributed by atoms with Gasteiger partial charge in [0, 0.05) is 17.8 Å². The number of Topliss-reactive ketones (excluding diaryl/α,β-unsaturated/α-hetero) is 1. The summed E-state index contributed by atoms with van der Waals surface area (Å²) >= 11 is 0. The van der Waals surface area contributed by atoms with Crippen LogP contribution in [0.5, 0.6) is 0 Å². The molecule has 1 N–H and O–H groups in total. The van der Waals surface area contributed by atoms with Gasteiger partial charge in [-0.3, -0.25) is 9.59 Å². The molecule has 1 aromatic carbocycles. The Bertz CT molecular complexity index is 415. The summed E-state index contributed by atoms with van der Waals surface area (Å²) in [5.41, 5.74) is 1.39. The lowest BCUT2D eigenvalue weighted by Gasteiger charge is -2.22. The molecule has 1 rings (SSSR count). The van der Waals surface area contributed by atoms with Gasteiger partial charge < -0.3 is 10.0 Å². The van der Waals surface area contributed by atoms with Crippen molar-refractivity contribution in [3.63, 3.8) is 0 Å². The van der Waals surface area contributed by atoms with Gasteiger partial charge in [0.2, 0.25) is 0 Å². The first-order chi connectivity index (χ1) is 8.04. The van der Waals surface area contributed by atoms with Gasteiger partial charge in [-0.1, -0.05) is 19.1 Å². The predicted molar refractivity (Wildman–Crippen MR) is 66.6 cm³/mol. The number of hydrogen-bond acceptors (Lipinski definition) is 3. The molecule has 0 bridgehead atoms. The fraction of sp³-hybridized carbons (Fsp3) is 0.385. The van der Waals surface area contributed by atoms with Crippen molar-refractivity contribution in [3.8, 4) is 0 Å². The van der Waals surface area contributed by atoms with Crippen LogP contribution >= 0.6 is 0 Å². The minimum absolute atomic E-state index is 0.0152. The number of anilines is 1. The van der Waals surface area contributed by atoms with Crippen molar-refractivity contribution in [1.82, 2.24) is 0 Å². The van der Waals surface area contributed by atoms with Crippen molar-refractivity contribution in [2.45, 2.75) is 20.3 Å². The van der Waals surface area contributed by atoms with E-state index in [9.17, 15) is 9.59 Å². The highest BCUT2D eigenvalue weighted by molar-refractivity contribution is 5.95. The van der Waals surface area contributed by atoms with Crippen LogP contribution in [-0.2, 0) is 4.79 Å². The lowest BCUT2D eigenvalue weighted by atomic mass is 10.1. The average molecular weight is 235 g/mol. The number of hydrogen-bond donors (Lipinski definition) is 1. The van der Waals surface area contributed by atoms with Gasteiger partial charge in [-0.05, 0) is 25.5 Å². The largest absolute Gasteiger partial charge is 0.480 e. The Morgan fingerprint density at radius 3 is 2.59 bits per heavy atom. The molecule has 0 aliphatic carbocycles. The van der Waals surface area contributed by atoms with E-state index >= 15 is 0 Å². The summed E-state index contributed by atoms with van der Waals surface area (Å²) in [7, 11) is 0. The van der Waals surface area contributed by atoms with Gasteiger partial charge in [-0.15, -0.1) is 0 Å². The molecule has 0 radical (unpaired) electrons. The Balaban J connectivity index is 2.96. The Labute approximate surface area is 101 Å². The molecular weight excluding hydrogens is 218 g/mol. The van der Waals surface area contributed by atoms with E-state index in [2.05, 4.69) is 0 Å². The van der Waals surface area contributed by atoms with Crippen molar-refractivity contribution in [3.05, 3.63) is 29.8 Å². The lowest BCUT2D eigenvalue weighted by molar-refractivity contribution is -0.135. The van der Waals surface area contributed by atoms with E-state index in [-0.39, 0.29) is 12.3 Å². The number of aliphatic carboxylic acids is 1. The predicted octanol–water partition coefficient (Wildman–Crippen LogP) is 2.19. The Hall–Kier alpha value is -1.84. The van der Waals surface area contributed by atoms with E-state index < -0.39 is 5.97 Å². The zero-order valence-electron chi connectivity index (χ0n) is 10.1. The molecule has 0 aliphatic rings. The molecule has 0 spiro atoms. The molecule has 17 heavy (non-hydrogen) atoms. The number of carboxylic acid groups (broad SMARTS) is 1. The maximum absolute atomic E-state index is 11.3. The van der Waals surface area contributed by atoms with Gasteiger partial charge in [0.25, 0.3) is 0 Å². The van der Waals surface area contributed by atoms with Gasteiger partial charge in [0.15, 0.2) is 5.78 Å². The smallest absolute Gasteiger partial charge is 0.323 e. The van der Waals surface area contributed by atoms with Crippen LogP contribution in [0.2, 0.25) is 0 Å². The molecule has 1 aromatic rings. The number of nitrogens with zero attached hydrogens (tertiary/aromatic N) is 1. The van der Waals surface area contributed by atoms with Crippen molar-refractivity contribution in [2.24, 2.45) is 0 Å². The second-order valence-corrected chi connectivity index (χ2v) is 3.92. The third-order valence-electron chi connectivity index (χ3n) is 2.44. The summed E-state index contributed by atoms with van der Waals surface area (Å²) in [6.45, 7) is 4.10. The summed E-state index contributed by atoms with van der Waals surface area (Å²) in [5.74, 6) is -0.884. The van der Waals surface area contributed by atoms with Crippen LogP contribution in [0.4, 0.5) is 5.69 Å². The molecule has 0 aliphatic heterocycles. The number of carbonyl (C=O) groups excluding carboxylic acids is 1. The highest BCUT2D eigenvalue weighted by Crippen LogP contribution is 2.16. The maximum Gasteiger partial charge on any atom is 0.323 e. The number of carbonyl (C=O) groups is 2. The number of rotatable bonds is 6. The van der Waals surface area contributed by atoms with Crippen LogP contribution in [0.1, 0.15) is 30.6 Å². The minimum atomic E-state index is -0.869. The second-order valence-electron chi connectivity index (χ2n) is 3.92. The molecule has 0 saturated carbocycles. The monoisotopic (exact) mass is 235 g/mol. The Morgan fingerprint density at radius 1 is 1.35 bits per heavy atom. The molecule has 0 amide bonds. The van der Waals surface area contributed by atoms with Gasteiger partial charge >= 0.3 is 5.97 Å². The Morgan fingerprint density at radius 2 is 2.06 bits per heavy atom. The van der Waals surface area contributed by atoms with E-state index in [0.717, 1.165) is 12.1 Å². The summed E-state index contributed by atoms with van der Waals surface area (Å²) in [6, 6.07) is 7.07.